The number of carbonyl (C=O) groups is 1. The van der Waals surface area contributed by atoms with Crippen molar-refractivity contribution in [1.82, 2.24) is 15.2 Å². The second-order valence-corrected chi connectivity index (χ2v) is 7.26. The molecule has 134 valence electrons. The summed E-state index contributed by atoms with van der Waals surface area (Å²) in [6, 6.07) is 9.51. The van der Waals surface area contributed by atoms with Gasteiger partial charge in [-0.2, -0.15) is 0 Å². The number of amides is 2. The molecule has 0 bridgehead atoms. The highest BCUT2D eigenvalue weighted by molar-refractivity contribution is 5.75. The SMILES string of the molecule is Cc1cc(C)cc([C@@H](NC(=O)N(C)CC(C)(C)O)c2cccnc2)c1. The number of benzene rings is 1. The lowest BCUT2D eigenvalue weighted by molar-refractivity contribution is 0.0529. The summed E-state index contributed by atoms with van der Waals surface area (Å²) in [7, 11) is 1.68. The summed E-state index contributed by atoms with van der Waals surface area (Å²) in [5.74, 6) is 0. The van der Waals surface area contributed by atoms with Gasteiger partial charge in [-0.3, -0.25) is 4.98 Å². The van der Waals surface area contributed by atoms with E-state index in [-0.39, 0.29) is 18.6 Å². The van der Waals surface area contributed by atoms with E-state index in [1.54, 1.807) is 33.3 Å². The van der Waals surface area contributed by atoms with Crippen LogP contribution in [0.25, 0.3) is 0 Å². The van der Waals surface area contributed by atoms with Gasteiger partial charge in [0.15, 0.2) is 0 Å². The molecule has 1 atom stereocenters. The number of aliphatic hydroxyl groups is 1. The minimum atomic E-state index is -0.949. The van der Waals surface area contributed by atoms with Crippen molar-refractivity contribution in [1.29, 1.82) is 0 Å². The van der Waals surface area contributed by atoms with Gasteiger partial charge in [-0.15, -0.1) is 0 Å². The van der Waals surface area contributed by atoms with Crippen LogP contribution in [0.5, 0.6) is 0 Å². The summed E-state index contributed by atoms with van der Waals surface area (Å²) in [5, 5.41) is 13.0. The molecule has 0 unspecified atom stereocenters. The fourth-order valence-corrected chi connectivity index (χ4v) is 2.97. The lowest BCUT2D eigenvalue weighted by Gasteiger charge is -2.28. The molecule has 1 heterocycles. The zero-order valence-corrected chi connectivity index (χ0v) is 15.6. The van der Waals surface area contributed by atoms with Crippen molar-refractivity contribution in [3.63, 3.8) is 0 Å². The standard InChI is InChI=1S/C20H27N3O2/c1-14-9-15(2)11-17(10-14)18(16-7-6-8-21-12-16)22-19(24)23(5)13-20(3,4)25/h6-12,18,25H,13H2,1-5H3,(H,22,24)/t18-/m0/s1. The highest BCUT2D eigenvalue weighted by Crippen LogP contribution is 2.24. The van der Waals surface area contributed by atoms with Crippen molar-refractivity contribution in [2.75, 3.05) is 13.6 Å². The molecule has 0 radical (unpaired) electrons. The number of aromatic nitrogens is 1. The molecule has 0 aliphatic carbocycles. The maximum atomic E-state index is 12.6. The average Bonchev–Trinajstić information content (AvgIpc) is 2.50. The predicted octanol–water partition coefficient (Wildman–Crippen LogP) is 3.20. The van der Waals surface area contributed by atoms with Crippen molar-refractivity contribution in [3.8, 4) is 0 Å². The molecule has 5 heteroatoms. The second-order valence-electron chi connectivity index (χ2n) is 7.26. The summed E-state index contributed by atoms with van der Waals surface area (Å²) in [4.78, 5) is 18.3. The number of carbonyl (C=O) groups excluding carboxylic acids is 1. The summed E-state index contributed by atoms with van der Waals surface area (Å²) in [6.45, 7) is 7.68. The van der Waals surface area contributed by atoms with E-state index in [1.165, 1.54) is 4.90 Å². The second kappa shape index (κ2) is 7.66. The Labute approximate surface area is 149 Å². The van der Waals surface area contributed by atoms with Gasteiger partial charge in [0.1, 0.15) is 0 Å². The Morgan fingerprint density at radius 1 is 1.24 bits per heavy atom. The molecule has 0 saturated heterocycles. The van der Waals surface area contributed by atoms with Crippen LogP contribution < -0.4 is 5.32 Å². The molecule has 25 heavy (non-hydrogen) atoms. The highest BCUT2D eigenvalue weighted by Gasteiger charge is 2.23. The first-order valence-electron chi connectivity index (χ1n) is 8.38. The molecule has 0 aliphatic rings. The van der Waals surface area contributed by atoms with Crippen LogP contribution in [0.3, 0.4) is 0 Å². The van der Waals surface area contributed by atoms with E-state index in [0.717, 1.165) is 22.3 Å². The zero-order valence-electron chi connectivity index (χ0n) is 15.6. The number of aryl methyl sites for hydroxylation is 2. The van der Waals surface area contributed by atoms with E-state index < -0.39 is 5.60 Å². The number of rotatable bonds is 5. The summed E-state index contributed by atoms with van der Waals surface area (Å²) < 4.78 is 0. The van der Waals surface area contributed by atoms with Gasteiger partial charge in [0.2, 0.25) is 0 Å². The number of nitrogens with zero attached hydrogens (tertiary/aromatic N) is 2. The molecule has 0 saturated carbocycles. The molecule has 5 nitrogen and oxygen atoms in total. The van der Waals surface area contributed by atoms with Crippen LogP contribution in [0.2, 0.25) is 0 Å². The van der Waals surface area contributed by atoms with Crippen molar-refractivity contribution >= 4 is 6.03 Å². The number of hydrogen-bond acceptors (Lipinski definition) is 3. The van der Waals surface area contributed by atoms with Crippen molar-refractivity contribution < 1.29 is 9.90 Å². The minimum absolute atomic E-state index is 0.241. The first-order chi connectivity index (χ1) is 11.7. The minimum Gasteiger partial charge on any atom is -0.389 e. The molecule has 2 N–H and O–H groups in total. The maximum absolute atomic E-state index is 12.6. The van der Waals surface area contributed by atoms with Crippen LogP contribution in [0.4, 0.5) is 4.79 Å². The number of nitrogens with one attached hydrogen (secondary N) is 1. The normalized spacial score (nSPS) is 12.6. The van der Waals surface area contributed by atoms with Crippen molar-refractivity contribution in [3.05, 3.63) is 65.0 Å². The van der Waals surface area contributed by atoms with Crippen LogP contribution in [0.1, 0.15) is 42.1 Å². The monoisotopic (exact) mass is 341 g/mol. The number of likely N-dealkylation sites (N-methyl/N-ethyl adjacent to an activating group) is 1. The lowest BCUT2D eigenvalue weighted by Crippen LogP contribution is -2.45. The van der Waals surface area contributed by atoms with Gasteiger partial charge in [-0.05, 0) is 44.9 Å². The molecule has 2 aromatic rings. The van der Waals surface area contributed by atoms with Crippen molar-refractivity contribution in [2.45, 2.75) is 39.3 Å². The first-order valence-corrected chi connectivity index (χ1v) is 8.38. The van der Waals surface area contributed by atoms with Gasteiger partial charge in [0, 0.05) is 19.4 Å². The zero-order chi connectivity index (χ0) is 18.6. The van der Waals surface area contributed by atoms with Gasteiger partial charge in [-0.1, -0.05) is 35.4 Å². The van der Waals surface area contributed by atoms with Crippen LogP contribution in [0.15, 0.2) is 42.7 Å². The lowest BCUT2D eigenvalue weighted by atomic mass is 9.96. The van der Waals surface area contributed by atoms with Gasteiger partial charge < -0.3 is 15.3 Å². The molecule has 2 rings (SSSR count). The van der Waals surface area contributed by atoms with E-state index in [9.17, 15) is 9.90 Å². The van der Waals surface area contributed by atoms with Gasteiger partial charge in [0.05, 0.1) is 18.2 Å². The quantitative estimate of drug-likeness (QED) is 0.878. The fraction of sp³-hybridized carbons (Fsp3) is 0.400. The van der Waals surface area contributed by atoms with E-state index in [2.05, 4.69) is 28.5 Å². The van der Waals surface area contributed by atoms with E-state index in [0.29, 0.717) is 0 Å². The number of pyridine rings is 1. The van der Waals surface area contributed by atoms with Gasteiger partial charge in [-0.25, -0.2) is 4.79 Å². The summed E-state index contributed by atoms with van der Waals surface area (Å²) >= 11 is 0. The molecular weight excluding hydrogens is 314 g/mol. The molecule has 0 aliphatic heterocycles. The number of hydrogen-bond donors (Lipinski definition) is 2. The van der Waals surface area contributed by atoms with Crippen LogP contribution in [0, 0.1) is 13.8 Å². The molecule has 1 aromatic carbocycles. The summed E-state index contributed by atoms with van der Waals surface area (Å²) in [5.41, 5.74) is 3.26. The fourth-order valence-electron chi connectivity index (χ4n) is 2.97. The topological polar surface area (TPSA) is 65.5 Å². The Balaban J connectivity index is 2.31. The predicted molar refractivity (Wildman–Crippen MR) is 99.5 cm³/mol. The molecule has 1 aromatic heterocycles. The third kappa shape index (κ3) is 5.57. The van der Waals surface area contributed by atoms with E-state index >= 15 is 0 Å². The molecular formula is C20H27N3O2. The largest absolute Gasteiger partial charge is 0.389 e. The molecule has 2 amide bonds. The Morgan fingerprint density at radius 2 is 1.88 bits per heavy atom. The van der Waals surface area contributed by atoms with Gasteiger partial charge in [0.25, 0.3) is 0 Å². The van der Waals surface area contributed by atoms with E-state index in [4.69, 9.17) is 0 Å². The van der Waals surface area contributed by atoms with Crippen LogP contribution in [-0.4, -0.2) is 40.2 Å². The Kier molecular flexibility index (Phi) is 5.80. The third-order valence-electron chi connectivity index (χ3n) is 3.83. The Hall–Kier alpha value is -2.40. The van der Waals surface area contributed by atoms with Crippen molar-refractivity contribution in [2.24, 2.45) is 0 Å². The molecule has 0 spiro atoms. The summed E-state index contributed by atoms with van der Waals surface area (Å²) in [6.07, 6.45) is 3.48. The van der Waals surface area contributed by atoms with Gasteiger partial charge >= 0.3 is 6.03 Å². The van der Waals surface area contributed by atoms with E-state index in [1.807, 2.05) is 26.0 Å². The average molecular weight is 341 g/mol. The number of urea groups is 1. The van der Waals surface area contributed by atoms with Crippen LogP contribution >= 0.6 is 0 Å². The molecule has 0 fully saturated rings. The smallest absolute Gasteiger partial charge is 0.317 e. The van der Waals surface area contributed by atoms with Crippen LogP contribution in [-0.2, 0) is 0 Å². The highest BCUT2D eigenvalue weighted by atomic mass is 16.3. The third-order valence-corrected chi connectivity index (χ3v) is 3.83. The maximum Gasteiger partial charge on any atom is 0.317 e. The Morgan fingerprint density at radius 3 is 2.40 bits per heavy atom. The first kappa shape index (κ1) is 18.9. The Bertz CT molecular complexity index is 703.